The van der Waals surface area contributed by atoms with E-state index < -0.39 is 0 Å². The van der Waals surface area contributed by atoms with E-state index in [2.05, 4.69) is 5.32 Å². The average molecular weight is 193 g/mol. The predicted molar refractivity (Wildman–Crippen MR) is 46.4 cm³/mol. The summed E-state index contributed by atoms with van der Waals surface area (Å²) in [5, 5.41) is 12.1. The SMILES string of the molecule is C[NH2+][C@H]1[C@@H]2[C@H](O)CC[NH+]2C[C@@H]1Cl. The van der Waals surface area contributed by atoms with Crippen molar-refractivity contribution >= 4 is 11.6 Å². The molecule has 4 N–H and O–H groups in total. The van der Waals surface area contributed by atoms with E-state index in [1.54, 1.807) is 0 Å². The molecule has 2 saturated heterocycles. The molecular formula is C8H17ClN2O+2. The molecule has 2 aliphatic heterocycles. The van der Waals surface area contributed by atoms with Gasteiger partial charge in [-0.25, -0.2) is 0 Å². The summed E-state index contributed by atoms with van der Waals surface area (Å²) in [6, 6.07) is 0.802. The molecule has 4 heteroatoms. The Hall–Kier alpha value is 0.170. The number of fused-ring (bicyclic) bond motifs is 1. The maximum absolute atomic E-state index is 9.72. The first-order valence-corrected chi connectivity index (χ1v) is 5.14. The van der Waals surface area contributed by atoms with Crippen LogP contribution in [0.4, 0.5) is 0 Å². The van der Waals surface area contributed by atoms with Gasteiger partial charge >= 0.3 is 0 Å². The Morgan fingerprint density at radius 1 is 1.58 bits per heavy atom. The van der Waals surface area contributed by atoms with Gasteiger partial charge in [0.05, 0.1) is 13.6 Å². The summed E-state index contributed by atoms with van der Waals surface area (Å²) in [6.07, 6.45) is 0.832. The Balaban J connectivity index is 2.12. The minimum absolute atomic E-state index is 0.120. The molecule has 0 spiro atoms. The smallest absolute Gasteiger partial charge is 0.168 e. The van der Waals surface area contributed by atoms with E-state index in [0.29, 0.717) is 12.1 Å². The largest absolute Gasteiger partial charge is 0.386 e. The number of aliphatic hydroxyl groups is 1. The minimum atomic E-state index is -0.120. The number of hydrogen-bond acceptors (Lipinski definition) is 1. The number of nitrogens with two attached hydrogens (primary N) is 1. The first-order valence-electron chi connectivity index (χ1n) is 4.70. The fourth-order valence-electron chi connectivity index (χ4n) is 2.75. The van der Waals surface area contributed by atoms with E-state index in [1.807, 2.05) is 7.05 Å². The van der Waals surface area contributed by atoms with Gasteiger partial charge in [0.1, 0.15) is 18.0 Å². The molecule has 0 aromatic heterocycles. The van der Waals surface area contributed by atoms with Gasteiger partial charge in [0, 0.05) is 6.42 Å². The second-order valence-corrected chi connectivity index (χ2v) is 4.48. The number of rotatable bonds is 1. The van der Waals surface area contributed by atoms with E-state index in [1.165, 1.54) is 4.90 Å². The zero-order valence-electron chi connectivity index (χ0n) is 7.33. The van der Waals surface area contributed by atoms with E-state index in [9.17, 15) is 5.11 Å². The van der Waals surface area contributed by atoms with Gasteiger partial charge in [-0.1, -0.05) is 0 Å². The van der Waals surface area contributed by atoms with E-state index >= 15 is 0 Å². The van der Waals surface area contributed by atoms with Gasteiger partial charge in [0.2, 0.25) is 0 Å². The van der Waals surface area contributed by atoms with Crippen LogP contribution in [0.25, 0.3) is 0 Å². The number of nitrogens with one attached hydrogen (secondary N) is 1. The quantitative estimate of drug-likeness (QED) is 0.386. The normalized spacial score (nSPS) is 52.8. The molecule has 2 aliphatic rings. The molecule has 0 amide bonds. The molecule has 0 radical (unpaired) electrons. The highest BCUT2D eigenvalue weighted by molar-refractivity contribution is 6.21. The predicted octanol–water partition coefficient (Wildman–Crippen LogP) is -2.81. The van der Waals surface area contributed by atoms with Crippen molar-refractivity contribution in [3.63, 3.8) is 0 Å². The second-order valence-electron chi connectivity index (χ2n) is 3.92. The van der Waals surface area contributed by atoms with Crippen molar-refractivity contribution in [1.82, 2.24) is 0 Å². The van der Waals surface area contributed by atoms with Crippen LogP contribution in [-0.2, 0) is 0 Å². The van der Waals surface area contributed by atoms with Gasteiger partial charge in [-0.3, -0.25) is 0 Å². The van der Waals surface area contributed by atoms with Crippen LogP contribution in [0.1, 0.15) is 6.42 Å². The van der Waals surface area contributed by atoms with Gasteiger partial charge < -0.3 is 15.3 Å². The molecule has 0 aromatic rings. The molecule has 0 saturated carbocycles. The monoisotopic (exact) mass is 192 g/mol. The van der Waals surface area contributed by atoms with Gasteiger partial charge in [0.25, 0.3) is 0 Å². The fraction of sp³-hybridized carbons (Fsp3) is 1.00. The lowest BCUT2D eigenvalue weighted by atomic mass is 10.0. The van der Waals surface area contributed by atoms with E-state index in [0.717, 1.165) is 19.5 Å². The number of aliphatic hydroxyl groups excluding tert-OH is 1. The number of alkyl halides is 1. The number of quaternary nitrogens is 2. The highest BCUT2D eigenvalue weighted by Gasteiger charge is 2.53. The van der Waals surface area contributed by atoms with Crippen molar-refractivity contribution in [2.75, 3.05) is 20.1 Å². The molecule has 2 fully saturated rings. The van der Waals surface area contributed by atoms with Crippen LogP contribution in [0, 0.1) is 0 Å². The van der Waals surface area contributed by atoms with Crippen LogP contribution in [0.15, 0.2) is 0 Å². The highest BCUT2D eigenvalue weighted by Crippen LogP contribution is 2.15. The summed E-state index contributed by atoms with van der Waals surface area (Å²) in [4.78, 5) is 1.51. The average Bonchev–Trinajstić information content (AvgIpc) is 2.52. The van der Waals surface area contributed by atoms with Crippen molar-refractivity contribution in [1.29, 1.82) is 0 Å². The maximum atomic E-state index is 9.72. The summed E-state index contributed by atoms with van der Waals surface area (Å²) in [7, 11) is 2.05. The first-order chi connectivity index (χ1) is 5.74. The van der Waals surface area contributed by atoms with Crippen LogP contribution >= 0.6 is 11.6 Å². The Morgan fingerprint density at radius 3 is 3.00 bits per heavy atom. The van der Waals surface area contributed by atoms with Gasteiger partial charge in [-0.2, -0.15) is 0 Å². The summed E-state index contributed by atoms with van der Waals surface area (Å²) < 4.78 is 0. The van der Waals surface area contributed by atoms with Crippen LogP contribution in [-0.4, -0.2) is 48.8 Å². The van der Waals surface area contributed by atoms with Gasteiger partial charge in [-0.15, -0.1) is 11.6 Å². The lowest BCUT2D eigenvalue weighted by Gasteiger charge is -2.16. The fourth-order valence-corrected chi connectivity index (χ4v) is 3.25. The van der Waals surface area contributed by atoms with Gasteiger partial charge in [0.15, 0.2) is 12.1 Å². The molecular weight excluding hydrogens is 176 g/mol. The van der Waals surface area contributed by atoms with Gasteiger partial charge in [-0.05, 0) is 0 Å². The minimum Gasteiger partial charge on any atom is -0.386 e. The van der Waals surface area contributed by atoms with Crippen LogP contribution in [0.2, 0.25) is 0 Å². The molecule has 1 unspecified atom stereocenters. The number of halogens is 1. The van der Waals surface area contributed by atoms with Crippen LogP contribution in [0.5, 0.6) is 0 Å². The summed E-state index contributed by atoms with van der Waals surface area (Å²) in [5.41, 5.74) is 0. The number of hydrogen-bond donors (Lipinski definition) is 3. The molecule has 3 nitrogen and oxygen atoms in total. The Kier molecular flexibility index (Phi) is 2.29. The van der Waals surface area contributed by atoms with E-state index in [-0.39, 0.29) is 11.5 Å². The first kappa shape index (κ1) is 8.75. The van der Waals surface area contributed by atoms with E-state index in [4.69, 9.17) is 11.6 Å². The highest BCUT2D eigenvalue weighted by atomic mass is 35.5. The summed E-state index contributed by atoms with van der Waals surface area (Å²) >= 11 is 6.18. The molecule has 2 rings (SSSR count). The van der Waals surface area contributed by atoms with Crippen molar-refractivity contribution in [2.45, 2.75) is 30.0 Å². The Bertz CT molecular complexity index is 178. The van der Waals surface area contributed by atoms with Crippen molar-refractivity contribution in [3.05, 3.63) is 0 Å². The topological polar surface area (TPSA) is 41.3 Å². The third-order valence-corrected chi connectivity index (χ3v) is 3.77. The third-order valence-electron chi connectivity index (χ3n) is 3.32. The molecule has 0 aromatic carbocycles. The molecule has 12 heavy (non-hydrogen) atoms. The Morgan fingerprint density at radius 2 is 2.33 bits per heavy atom. The second kappa shape index (κ2) is 3.14. The van der Waals surface area contributed by atoms with Crippen LogP contribution < -0.4 is 10.2 Å². The van der Waals surface area contributed by atoms with Crippen LogP contribution in [0.3, 0.4) is 0 Å². The number of likely N-dealkylation sites (N-methyl/N-ethyl adjacent to an activating group) is 1. The lowest BCUT2D eigenvalue weighted by molar-refractivity contribution is -0.911. The standard InChI is InChI=1S/C8H15ClN2O/c1-10-7-5(9)4-11-3-2-6(12)8(7)11/h5-8,10,12H,2-4H2,1H3/p+2/t5-,6+,7+,8-/m0/s1. The zero-order chi connectivity index (χ0) is 8.72. The summed E-state index contributed by atoms with van der Waals surface area (Å²) in [5.74, 6) is 0. The zero-order valence-corrected chi connectivity index (χ0v) is 8.09. The third kappa shape index (κ3) is 1.16. The van der Waals surface area contributed by atoms with Crippen molar-refractivity contribution in [3.8, 4) is 0 Å². The molecule has 0 aliphatic carbocycles. The maximum Gasteiger partial charge on any atom is 0.168 e. The molecule has 2 heterocycles. The molecule has 70 valence electrons. The van der Waals surface area contributed by atoms with Crippen molar-refractivity contribution in [2.24, 2.45) is 0 Å². The summed E-state index contributed by atoms with van der Waals surface area (Å²) in [6.45, 7) is 2.12. The lowest BCUT2D eigenvalue weighted by Crippen LogP contribution is -3.14. The molecule has 0 bridgehead atoms. The Labute approximate surface area is 77.7 Å². The van der Waals surface area contributed by atoms with Crippen molar-refractivity contribution < 1.29 is 15.3 Å². The molecule has 5 atom stereocenters.